The van der Waals surface area contributed by atoms with Crippen LogP contribution in [0.2, 0.25) is 0 Å². The van der Waals surface area contributed by atoms with Crippen LogP contribution in [0.5, 0.6) is 0 Å². The number of rotatable bonds is 8. The van der Waals surface area contributed by atoms with E-state index in [0.717, 1.165) is 18.5 Å². The standard InChI is InChI=1S/C10H20N4O2S/c1-3-7-14(8-4-2)17(15,16)12-9-10-5-6-11-13-10/h5-6,12H,3-4,7-9H2,1-2H3,(H,11,13). The molecule has 0 saturated carbocycles. The number of hydrogen-bond donors (Lipinski definition) is 2. The maximum Gasteiger partial charge on any atom is 0.279 e. The van der Waals surface area contributed by atoms with Gasteiger partial charge in [-0.2, -0.15) is 22.5 Å². The van der Waals surface area contributed by atoms with Crippen LogP contribution in [0.1, 0.15) is 32.4 Å². The number of aromatic amines is 1. The molecule has 1 aromatic rings. The summed E-state index contributed by atoms with van der Waals surface area (Å²) in [5.41, 5.74) is 0.751. The molecule has 1 rings (SSSR count). The summed E-state index contributed by atoms with van der Waals surface area (Å²) in [6.07, 6.45) is 3.22. The smallest absolute Gasteiger partial charge is 0.279 e. The molecule has 0 radical (unpaired) electrons. The van der Waals surface area contributed by atoms with Gasteiger partial charge in [0, 0.05) is 19.3 Å². The van der Waals surface area contributed by atoms with Gasteiger partial charge in [0.15, 0.2) is 0 Å². The van der Waals surface area contributed by atoms with E-state index in [1.54, 1.807) is 12.3 Å². The molecule has 0 fully saturated rings. The molecule has 7 heteroatoms. The quantitative estimate of drug-likeness (QED) is 0.728. The molecule has 0 aliphatic carbocycles. The van der Waals surface area contributed by atoms with E-state index in [-0.39, 0.29) is 6.54 Å². The van der Waals surface area contributed by atoms with E-state index in [1.165, 1.54) is 4.31 Å². The zero-order valence-electron chi connectivity index (χ0n) is 10.3. The molecular formula is C10H20N4O2S. The van der Waals surface area contributed by atoms with Crippen molar-refractivity contribution >= 4 is 10.2 Å². The van der Waals surface area contributed by atoms with E-state index in [9.17, 15) is 8.42 Å². The minimum absolute atomic E-state index is 0.242. The Morgan fingerprint density at radius 3 is 2.47 bits per heavy atom. The number of nitrogens with zero attached hydrogens (tertiary/aromatic N) is 2. The van der Waals surface area contributed by atoms with Crippen molar-refractivity contribution in [3.63, 3.8) is 0 Å². The van der Waals surface area contributed by atoms with Gasteiger partial charge in [0.1, 0.15) is 0 Å². The third-order valence-electron chi connectivity index (χ3n) is 2.29. The summed E-state index contributed by atoms with van der Waals surface area (Å²) < 4.78 is 28.0. The Morgan fingerprint density at radius 2 is 2.00 bits per heavy atom. The zero-order valence-corrected chi connectivity index (χ0v) is 11.1. The van der Waals surface area contributed by atoms with Gasteiger partial charge in [-0.15, -0.1) is 0 Å². The van der Waals surface area contributed by atoms with Crippen molar-refractivity contribution in [2.45, 2.75) is 33.2 Å². The lowest BCUT2D eigenvalue weighted by molar-refractivity contribution is 0.401. The van der Waals surface area contributed by atoms with E-state index >= 15 is 0 Å². The topological polar surface area (TPSA) is 78.1 Å². The summed E-state index contributed by atoms with van der Waals surface area (Å²) in [6.45, 7) is 5.27. The van der Waals surface area contributed by atoms with Crippen molar-refractivity contribution in [2.75, 3.05) is 13.1 Å². The molecule has 0 atom stereocenters. The van der Waals surface area contributed by atoms with Gasteiger partial charge in [0.05, 0.1) is 12.2 Å². The van der Waals surface area contributed by atoms with Crippen molar-refractivity contribution in [1.29, 1.82) is 0 Å². The highest BCUT2D eigenvalue weighted by Gasteiger charge is 2.19. The Labute approximate surface area is 103 Å². The first-order valence-corrected chi connectivity index (χ1v) is 7.27. The highest BCUT2D eigenvalue weighted by atomic mass is 32.2. The molecule has 0 aliphatic rings. The van der Waals surface area contributed by atoms with Gasteiger partial charge in [-0.05, 0) is 18.9 Å². The molecule has 0 spiro atoms. The van der Waals surface area contributed by atoms with Crippen LogP contribution in [-0.2, 0) is 16.8 Å². The second-order valence-corrected chi connectivity index (χ2v) is 5.56. The molecule has 1 heterocycles. The van der Waals surface area contributed by atoms with Crippen LogP contribution in [0.15, 0.2) is 12.3 Å². The maximum atomic E-state index is 12.0. The lowest BCUT2D eigenvalue weighted by Gasteiger charge is -2.20. The van der Waals surface area contributed by atoms with Crippen LogP contribution >= 0.6 is 0 Å². The maximum absolute atomic E-state index is 12.0. The average Bonchev–Trinajstić information content (AvgIpc) is 2.79. The van der Waals surface area contributed by atoms with Crippen LogP contribution in [-0.4, -0.2) is 36.0 Å². The summed E-state index contributed by atoms with van der Waals surface area (Å²) >= 11 is 0. The molecule has 0 aromatic carbocycles. The van der Waals surface area contributed by atoms with Gasteiger partial charge in [-0.25, -0.2) is 0 Å². The molecule has 0 unspecified atom stereocenters. The molecule has 98 valence electrons. The van der Waals surface area contributed by atoms with Crippen molar-refractivity contribution in [3.05, 3.63) is 18.0 Å². The van der Waals surface area contributed by atoms with Gasteiger partial charge in [-0.3, -0.25) is 5.10 Å². The summed E-state index contributed by atoms with van der Waals surface area (Å²) in [6, 6.07) is 1.74. The van der Waals surface area contributed by atoms with Gasteiger partial charge in [0.2, 0.25) is 0 Å². The van der Waals surface area contributed by atoms with Gasteiger partial charge < -0.3 is 0 Å². The fourth-order valence-electron chi connectivity index (χ4n) is 1.49. The first-order chi connectivity index (χ1) is 8.10. The molecule has 0 saturated heterocycles. The fourth-order valence-corrected chi connectivity index (χ4v) is 2.86. The minimum atomic E-state index is -3.39. The number of aromatic nitrogens is 2. The Hall–Kier alpha value is -0.920. The van der Waals surface area contributed by atoms with E-state index < -0.39 is 10.2 Å². The van der Waals surface area contributed by atoms with Crippen molar-refractivity contribution in [2.24, 2.45) is 0 Å². The first kappa shape index (κ1) is 14.1. The monoisotopic (exact) mass is 260 g/mol. The van der Waals surface area contributed by atoms with Crippen LogP contribution < -0.4 is 4.72 Å². The molecular weight excluding hydrogens is 240 g/mol. The fraction of sp³-hybridized carbons (Fsp3) is 0.700. The predicted octanol–water partition coefficient (Wildman–Crippen LogP) is 0.866. The first-order valence-electron chi connectivity index (χ1n) is 5.83. The molecule has 0 aliphatic heterocycles. The molecule has 0 bridgehead atoms. The SMILES string of the molecule is CCCN(CCC)S(=O)(=O)NCc1ccn[nH]1. The summed E-state index contributed by atoms with van der Waals surface area (Å²) in [4.78, 5) is 0. The summed E-state index contributed by atoms with van der Waals surface area (Å²) in [7, 11) is -3.39. The van der Waals surface area contributed by atoms with Crippen LogP contribution in [0.25, 0.3) is 0 Å². The van der Waals surface area contributed by atoms with Gasteiger partial charge in [0.25, 0.3) is 10.2 Å². The second kappa shape index (κ2) is 6.73. The molecule has 2 N–H and O–H groups in total. The van der Waals surface area contributed by atoms with E-state index in [0.29, 0.717) is 13.1 Å². The third kappa shape index (κ3) is 4.45. The molecule has 6 nitrogen and oxygen atoms in total. The van der Waals surface area contributed by atoms with E-state index in [1.807, 2.05) is 13.8 Å². The average molecular weight is 260 g/mol. The predicted molar refractivity (Wildman–Crippen MR) is 66.5 cm³/mol. The largest absolute Gasteiger partial charge is 0.281 e. The Morgan fingerprint density at radius 1 is 1.35 bits per heavy atom. The van der Waals surface area contributed by atoms with Gasteiger partial charge >= 0.3 is 0 Å². The van der Waals surface area contributed by atoms with E-state index in [2.05, 4.69) is 14.9 Å². The van der Waals surface area contributed by atoms with Crippen LogP contribution in [0.3, 0.4) is 0 Å². The second-order valence-electron chi connectivity index (χ2n) is 3.81. The Balaban J connectivity index is 2.58. The molecule has 1 aromatic heterocycles. The van der Waals surface area contributed by atoms with Crippen molar-refractivity contribution in [3.8, 4) is 0 Å². The van der Waals surface area contributed by atoms with Crippen LogP contribution in [0.4, 0.5) is 0 Å². The Bertz CT molecular complexity index is 396. The van der Waals surface area contributed by atoms with Crippen molar-refractivity contribution in [1.82, 2.24) is 19.2 Å². The van der Waals surface area contributed by atoms with Crippen molar-refractivity contribution < 1.29 is 8.42 Å². The number of hydrogen-bond acceptors (Lipinski definition) is 3. The number of H-pyrrole nitrogens is 1. The number of nitrogens with one attached hydrogen (secondary N) is 2. The molecule has 17 heavy (non-hydrogen) atoms. The third-order valence-corrected chi connectivity index (χ3v) is 3.84. The highest BCUT2D eigenvalue weighted by molar-refractivity contribution is 7.87. The summed E-state index contributed by atoms with van der Waals surface area (Å²) in [5.74, 6) is 0. The molecule has 0 amide bonds. The normalized spacial score (nSPS) is 12.2. The van der Waals surface area contributed by atoms with Gasteiger partial charge in [-0.1, -0.05) is 13.8 Å². The van der Waals surface area contributed by atoms with E-state index in [4.69, 9.17) is 0 Å². The highest BCUT2D eigenvalue weighted by Crippen LogP contribution is 2.02. The summed E-state index contributed by atoms with van der Waals surface area (Å²) in [5, 5.41) is 6.48. The Kier molecular flexibility index (Phi) is 5.60. The lowest BCUT2D eigenvalue weighted by Crippen LogP contribution is -2.41. The minimum Gasteiger partial charge on any atom is -0.281 e. The zero-order chi connectivity index (χ0) is 12.7. The van der Waals surface area contributed by atoms with Crippen LogP contribution in [0, 0.1) is 0 Å². The lowest BCUT2D eigenvalue weighted by atomic mass is 10.4.